The molecule has 2 aliphatic rings. The number of nitrogens with zero attached hydrogens (tertiary/aromatic N) is 1. The summed E-state index contributed by atoms with van der Waals surface area (Å²) in [5.41, 5.74) is 6.00. The molecule has 0 unspecified atom stereocenters. The third kappa shape index (κ3) is 4.68. The Morgan fingerprint density at radius 3 is 2.62 bits per heavy atom. The quantitative estimate of drug-likeness (QED) is 0.778. The van der Waals surface area contributed by atoms with E-state index < -0.39 is 0 Å². The average Bonchev–Trinajstić information content (AvgIpc) is 3.22. The molecule has 1 aromatic rings. The first-order valence-corrected chi connectivity index (χ1v) is 9.78. The van der Waals surface area contributed by atoms with E-state index in [1.807, 2.05) is 12.1 Å². The van der Waals surface area contributed by atoms with Crippen molar-refractivity contribution in [3.05, 3.63) is 23.8 Å². The zero-order valence-electron chi connectivity index (χ0n) is 15.7. The summed E-state index contributed by atoms with van der Waals surface area (Å²) in [4.78, 5) is 15.1. The minimum Gasteiger partial charge on any atom is -0.497 e. The van der Waals surface area contributed by atoms with E-state index in [4.69, 9.17) is 15.2 Å². The Hall–Kier alpha value is -1.79. The fourth-order valence-electron chi connectivity index (χ4n) is 4.00. The van der Waals surface area contributed by atoms with E-state index in [1.54, 1.807) is 13.2 Å². The number of nitrogens with two attached hydrogens (primary N) is 1. The zero-order valence-corrected chi connectivity index (χ0v) is 15.7. The lowest BCUT2D eigenvalue weighted by molar-refractivity contribution is 0.0750. The molecule has 1 aliphatic heterocycles. The lowest BCUT2D eigenvalue weighted by Gasteiger charge is -2.36. The van der Waals surface area contributed by atoms with Gasteiger partial charge >= 0.3 is 0 Å². The highest BCUT2D eigenvalue weighted by atomic mass is 16.5. The Bertz CT molecular complexity index is 594. The van der Waals surface area contributed by atoms with Crippen LogP contribution in [0.4, 0.5) is 0 Å². The van der Waals surface area contributed by atoms with Crippen molar-refractivity contribution in [3.8, 4) is 11.5 Å². The number of piperidine rings is 1. The Morgan fingerprint density at radius 2 is 1.96 bits per heavy atom. The number of carbonyl (C=O) groups is 1. The molecule has 0 spiro atoms. The maximum atomic E-state index is 12.4. The summed E-state index contributed by atoms with van der Waals surface area (Å²) in [5, 5.41) is 2.81. The van der Waals surface area contributed by atoms with E-state index in [0.29, 0.717) is 30.2 Å². The van der Waals surface area contributed by atoms with Crippen molar-refractivity contribution in [2.24, 2.45) is 5.73 Å². The van der Waals surface area contributed by atoms with Gasteiger partial charge in [0.25, 0.3) is 5.91 Å². The van der Waals surface area contributed by atoms with Crippen molar-refractivity contribution in [1.82, 2.24) is 10.2 Å². The predicted molar refractivity (Wildman–Crippen MR) is 102 cm³/mol. The van der Waals surface area contributed by atoms with Gasteiger partial charge in [-0.1, -0.05) is 12.8 Å². The number of likely N-dealkylation sites (tertiary alicyclic amines) is 1. The number of rotatable bonds is 7. The largest absolute Gasteiger partial charge is 0.497 e. The number of carbonyl (C=O) groups excluding carboxylic acids is 1. The fourth-order valence-corrected chi connectivity index (χ4v) is 4.00. The molecule has 3 rings (SSSR count). The topological polar surface area (TPSA) is 76.8 Å². The van der Waals surface area contributed by atoms with Crippen molar-refractivity contribution in [2.45, 2.75) is 50.7 Å². The number of nitrogens with one attached hydrogen (secondary N) is 1. The van der Waals surface area contributed by atoms with Gasteiger partial charge in [0, 0.05) is 32.2 Å². The van der Waals surface area contributed by atoms with E-state index in [1.165, 1.54) is 25.7 Å². The molecule has 1 aromatic carbocycles. The molecule has 0 atom stereocenters. The summed E-state index contributed by atoms with van der Waals surface area (Å²) < 4.78 is 11.5. The third-order valence-corrected chi connectivity index (χ3v) is 5.47. The average molecular weight is 361 g/mol. The number of hydrogen-bond donors (Lipinski definition) is 2. The van der Waals surface area contributed by atoms with Gasteiger partial charge in [-0.15, -0.1) is 0 Å². The van der Waals surface area contributed by atoms with Gasteiger partial charge in [-0.05, 0) is 43.9 Å². The van der Waals surface area contributed by atoms with Gasteiger partial charge in [-0.2, -0.15) is 0 Å². The molecule has 3 N–H and O–H groups in total. The minimum atomic E-state index is -0.173. The first-order chi connectivity index (χ1) is 12.7. The van der Waals surface area contributed by atoms with E-state index in [-0.39, 0.29) is 12.0 Å². The van der Waals surface area contributed by atoms with Crippen LogP contribution in [-0.2, 0) is 0 Å². The Balaban J connectivity index is 1.62. The van der Waals surface area contributed by atoms with Crippen LogP contribution in [0.2, 0.25) is 0 Å². The molecule has 6 heteroatoms. The van der Waals surface area contributed by atoms with Crippen LogP contribution < -0.4 is 20.5 Å². The number of benzene rings is 1. The molecule has 1 saturated carbocycles. The normalized spacial score (nSPS) is 19.5. The van der Waals surface area contributed by atoms with Gasteiger partial charge in [0.2, 0.25) is 0 Å². The molecule has 26 heavy (non-hydrogen) atoms. The molecular weight excluding hydrogens is 330 g/mol. The van der Waals surface area contributed by atoms with Crippen molar-refractivity contribution >= 4 is 5.91 Å². The van der Waals surface area contributed by atoms with Crippen LogP contribution in [0.15, 0.2) is 18.2 Å². The van der Waals surface area contributed by atoms with E-state index in [9.17, 15) is 4.79 Å². The summed E-state index contributed by atoms with van der Waals surface area (Å²) in [6, 6.07) is 6.17. The molecule has 0 bridgehead atoms. The molecule has 1 aliphatic carbocycles. The van der Waals surface area contributed by atoms with Crippen LogP contribution in [0.25, 0.3) is 0 Å². The van der Waals surface area contributed by atoms with Crippen molar-refractivity contribution in [2.75, 3.05) is 33.3 Å². The molecule has 0 aromatic heterocycles. The van der Waals surface area contributed by atoms with Gasteiger partial charge in [0.1, 0.15) is 17.6 Å². The maximum absolute atomic E-state index is 12.4. The minimum absolute atomic E-state index is 0.155. The van der Waals surface area contributed by atoms with Gasteiger partial charge in [0.15, 0.2) is 0 Å². The van der Waals surface area contributed by atoms with Crippen molar-refractivity contribution < 1.29 is 14.3 Å². The standard InChI is InChI=1S/C20H31N3O3/c1-25-17-6-7-19(18(14-17)20(24)22-11-10-21)26-16-8-12-23(13-9-16)15-4-2-3-5-15/h6-7,14-16H,2-5,8-13,21H2,1H3,(H,22,24). The van der Waals surface area contributed by atoms with Crippen LogP contribution in [0.3, 0.4) is 0 Å². The van der Waals surface area contributed by atoms with Gasteiger partial charge in [0.05, 0.1) is 12.7 Å². The number of methoxy groups -OCH3 is 1. The summed E-state index contributed by atoms with van der Waals surface area (Å²) in [5.74, 6) is 1.10. The van der Waals surface area contributed by atoms with Crippen LogP contribution in [-0.4, -0.2) is 56.2 Å². The van der Waals surface area contributed by atoms with Crippen LogP contribution in [0.5, 0.6) is 11.5 Å². The lowest BCUT2D eigenvalue weighted by Crippen LogP contribution is -2.43. The van der Waals surface area contributed by atoms with Crippen molar-refractivity contribution in [1.29, 1.82) is 0 Å². The van der Waals surface area contributed by atoms with E-state index in [0.717, 1.165) is 32.0 Å². The van der Waals surface area contributed by atoms with Crippen LogP contribution in [0.1, 0.15) is 48.9 Å². The highest BCUT2D eigenvalue weighted by Gasteiger charge is 2.28. The second kappa shape index (κ2) is 9.24. The molecule has 1 heterocycles. The van der Waals surface area contributed by atoms with E-state index >= 15 is 0 Å². The van der Waals surface area contributed by atoms with Crippen molar-refractivity contribution in [3.63, 3.8) is 0 Å². The first-order valence-electron chi connectivity index (χ1n) is 9.78. The predicted octanol–water partition coefficient (Wildman–Crippen LogP) is 2.17. The van der Waals surface area contributed by atoms with Crippen LogP contribution >= 0.6 is 0 Å². The second-order valence-corrected chi connectivity index (χ2v) is 7.20. The zero-order chi connectivity index (χ0) is 18.4. The monoisotopic (exact) mass is 361 g/mol. The number of hydrogen-bond acceptors (Lipinski definition) is 5. The Labute approximate surface area is 156 Å². The van der Waals surface area contributed by atoms with Gasteiger partial charge in [-0.25, -0.2) is 0 Å². The summed E-state index contributed by atoms with van der Waals surface area (Å²) in [7, 11) is 1.59. The molecule has 2 fully saturated rings. The molecular formula is C20H31N3O3. The highest BCUT2D eigenvalue weighted by Crippen LogP contribution is 2.30. The maximum Gasteiger partial charge on any atom is 0.255 e. The third-order valence-electron chi connectivity index (χ3n) is 5.47. The first kappa shape index (κ1) is 19.0. The Morgan fingerprint density at radius 1 is 1.23 bits per heavy atom. The number of amides is 1. The van der Waals surface area contributed by atoms with E-state index in [2.05, 4.69) is 10.2 Å². The summed E-state index contributed by atoms with van der Waals surface area (Å²) in [6.45, 7) is 3.02. The smallest absolute Gasteiger partial charge is 0.255 e. The SMILES string of the molecule is COc1ccc(OC2CCN(C3CCCC3)CC2)c(C(=O)NCCN)c1. The molecule has 6 nitrogen and oxygen atoms in total. The highest BCUT2D eigenvalue weighted by molar-refractivity contribution is 5.97. The second-order valence-electron chi connectivity index (χ2n) is 7.20. The molecule has 1 saturated heterocycles. The molecule has 0 radical (unpaired) electrons. The Kier molecular flexibility index (Phi) is 6.74. The molecule has 144 valence electrons. The van der Waals surface area contributed by atoms with Gasteiger partial charge < -0.3 is 25.4 Å². The summed E-state index contributed by atoms with van der Waals surface area (Å²) in [6.07, 6.45) is 7.59. The lowest BCUT2D eigenvalue weighted by atomic mass is 10.0. The number of ether oxygens (including phenoxy) is 2. The molecule has 1 amide bonds. The van der Waals surface area contributed by atoms with Gasteiger partial charge in [-0.3, -0.25) is 4.79 Å². The summed E-state index contributed by atoms with van der Waals surface area (Å²) >= 11 is 0. The fraction of sp³-hybridized carbons (Fsp3) is 0.650. The van der Waals surface area contributed by atoms with Crippen LogP contribution in [0, 0.1) is 0 Å².